The maximum Gasteiger partial charge on any atom is 0.201 e. The highest BCUT2D eigenvalue weighted by atomic mass is 19.1. The van der Waals surface area contributed by atoms with Gasteiger partial charge in [0.15, 0.2) is 11.5 Å². The summed E-state index contributed by atoms with van der Waals surface area (Å²) in [4.78, 5) is 13.5. The molecule has 4 aromatic rings. The predicted molar refractivity (Wildman–Crippen MR) is 139 cm³/mol. The molecular formula is C30H26FNO4. The second-order valence-electron chi connectivity index (χ2n) is 9.56. The highest BCUT2D eigenvalue weighted by Gasteiger charge is 2.18. The molecule has 182 valence electrons. The van der Waals surface area contributed by atoms with E-state index in [4.69, 9.17) is 19.2 Å². The van der Waals surface area contributed by atoms with E-state index in [0.29, 0.717) is 35.0 Å². The normalized spacial score (nSPS) is 11.6. The Morgan fingerprint density at radius 1 is 1.06 bits per heavy atom. The highest BCUT2D eigenvalue weighted by molar-refractivity contribution is 5.87. The van der Waals surface area contributed by atoms with Crippen LogP contribution in [0.3, 0.4) is 0 Å². The SMILES string of the molecule is COc1cccc(/C=C/c2oc3ccc(F)cc3c(=O)c2-c2ccc(C#N)cc2)c1OCC(C)(C)C. The highest BCUT2D eigenvalue weighted by Crippen LogP contribution is 2.34. The van der Waals surface area contributed by atoms with Gasteiger partial charge in [-0.15, -0.1) is 0 Å². The van der Waals surface area contributed by atoms with Gasteiger partial charge in [-0.1, -0.05) is 45.0 Å². The van der Waals surface area contributed by atoms with Crippen LogP contribution in [0.5, 0.6) is 11.5 Å². The Balaban J connectivity index is 1.88. The summed E-state index contributed by atoms with van der Waals surface area (Å²) in [7, 11) is 1.58. The van der Waals surface area contributed by atoms with Crippen molar-refractivity contribution in [3.8, 4) is 28.7 Å². The molecular weight excluding hydrogens is 457 g/mol. The van der Waals surface area contributed by atoms with E-state index in [1.165, 1.54) is 18.2 Å². The van der Waals surface area contributed by atoms with Gasteiger partial charge in [0.1, 0.15) is 17.2 Å². The lowest BCUT2D eigenvalue weighted by molar-refractivity contribution is 0.191. The van der Waals surface area contributed by atoms with Crippen LogP contribution in [-0.2, 0) is 0 Å². The van der Waals surface area contributed by atoms with E-state index in [0.717, 1.165) is 5.56 Å². The molecule has 1 aromatic heterocycles. The summed E-state index contributed by atoms with van der Waals surface area (Å²) in [5, 5.41) is 9.29. The summed E-state index contributed by atoms with van der Waals surface area (Å²) in [6.45, 7) is 6.71. The fourth-order valence-electron chi connectivity index (χ4n) is 3.72. The third kappa shape index (κ3) is 5.31. The van der Waals surface area contributed by atoms with Gasteiger partial charge in [-0.25, -0.2) is 4.39 Å². The molecule has 5 nitrogen and oxygen atoms in total. The monoisotopic (exact) mass is 483 g/mol. The fraction of sp³-hybridized carbons (Fsp3) is 0.200. The molecule has 0 aliphatic carbocycles. The van der Waals surface area contributed by atoms with Crippen molar-refractivity contribution in [1.29, 1.82) is 5.26 Å². The van der Waals surface area contributed by atoms with Gasteiger partial charge in [0.05, 0.1) is 36.3 Å². The summed E-state index contributed by atoms with van der Waals surface area (Å²) < 4.78 is 31.6. The van der Waals surface area contributed by atoms with Crippen LogP contribution >= 0.6 is 0 Å². The van der Waals surface area contributed by atoms with Crippen molar-refractivity contribution >= 4 is 23.1 Å². The molecule has 0 saturated heterocycles. The largest absolute Gasteiger partial charge is 0.493 e. The molecule has 0 radical (unpaired) electrons. The first-order valence-corrected chi connectivity index (χ1v) is 11.4. The predicted octanol–water partition coefficient (Wildman–Crippen LogP) is 7.07. The number of fused-ring (bicyclic) bond motifs is 1. The molecule has 0 amide bonds. The summed E-state index contributed by atoms with van der Waals surface area (Å²) in [5.74, 6) is 0.940. The van der Waals surface area contributed by atoms with E-state index >= 15 is 0 Å². The second-order valence-corrected chi connectivity index (χ2v) is 9.56. The number of methoxy groups -OCH3 is 1. The molecule has 0 bridgehead atoms. The van der Waals surface area contributed by atoms with Gasteiger partial charge in [0.2, 0.25) is 5.43 Å². The zero-order valence-corrected chi connectivity index (χ0v) is 20.6. The molecule has 0 unspecified atom stereocenters. The first-order valence-electron chi connectivity index (χ1n) is 11.4. The third-order valence-corrected chi connectivity index (χ3v) is 5.48. The first-order chi connectivity index (χ1) is 17.2. The van der Waals surface area contributed by atoms with Gasteiger partial charge in [0, 0.05) is 5.56 Å². The number of hydrogen-bond donors (Lipinski definition) is 0. The number of nitrogens with zero attached hydrogens (tertiary/aromatic N) is 1. The summed E-state index contributed by atoms with van der Waals surface area (Å²) in [6, 6.07) is 18.1. The van der Waals surface area contributed by atoms with Gasteiger partial charge >= 0.3 is 0 Å². The molecule has 6 heteroatoms. The number of para-hydroxylation sites is 1. The van der Waals surface area contributed by atoms with E-state index < -0.39 is 5.82 Å². The molecule has 36 heavy (non-hydrogen) atoms. The summed E-state index contributed by atoms with van der Waals surface area (Å²) in [6.07, 6.45) is 3.48. The van der Waals surface area contributed by atoms with Gasteiger partial charge < -0.3 is 13.9 Å². The van der Waals surface area contributed by atoms with Gasteiger partial charge in [-0.2, -0.15) is 5.26 Å². The Bertz CT molecular complexity index is 1540. The summed E-state index contributed by atoms with van der Waals surface area (Å²) in [5.41, 5.74) is 1.88. The van der Waals surface area contributed by atoms with Gasteiger partial charge in [0.25, 0.3) is 0 Å². The number of hydrogen-bond acceptors (Lipinski definition) is 5. The van der Waals surface area contributed by atoms with E-state index in [9.17, 15) is 9.18 Å². The van der Waals surface area contributed by atoms with Crippen LogP contribution in [0.25, 0.3) is 34.2 Å². The zero-order chi connectivity index (χ0) is 25.9. The fourth-order valence-corrected chi connectivity index (χ4v) is 3.72. The quantitative estimate of drug-likeness (QED) is 0.293. The van der Waals surface area contributed by atoms with Crippen molar-refractivity contribution < 1.29 is 18.3 Å². The lowest BCUT2D eigenvalue weighted by Crippen LogP contribution is -2.17. The Morgan fingerprint density at radius 3 is 2.47 bits per heavy atom. The minimum absolute atomic E-state index is 0.0645. The van der Waals surface area contributed by atoms with Crippen LogP contribution < -0.4 is 14.9 Å². The molecule has 0 fully saturated rings. The molecule has 0 saturated carbocycles. The first kappa shape index (κ1) is 24.7. The molecule has 0 N–H and O–H groups in total. The third-order valence-electron chi connectivity index (χ3n) is 5.48. The van der Waals surface area contributed by atoms with Gasteiger partial charge in [-0.3, -0.25) is 4.79 Å². The molecule has 1 heterocycles. The number of nitriles is 1. The average Bonchev–Trinajstić information content (AvgIpc) is 2.86. The average molecular weight is 484 g/mol. The maximum atomic E-state index is 13.9. The van der Waals surface area contributed by atoms with Gasteiger partial charge in [-0.05, 0) is 59.5 Å². The lowest BCUT2D eigenvalue weighted by atomic mass is 9.98. The standard InChI is InChI=1S/C30H26FNO4/c1-30(2,3)18-35-29-21(6-5-7-26(29)34-4)12-14-25-27(20-10-8-19(17-32)9-11-20)28(33)23-16-22(31)13-15-24(23)36-25/h5-16H,18H2,1-4H3/b14-12+. The van der Waals surface area contributed by atoms with Crippen LogP contribution in [0.15, 0.2) is 69.9 Å². The van der Waals surface area contributed by atoms with Crippen LogP contribution in [0.4, 0.5) is 4.39 Å². The number of rotatable bonds is 6. The molecule has 0 atom stereocenters. The van der Waals surface area contributed by atoms with E-state index in [1.807, 2.05) is 18.2 Å². The zero-order valence-electron chi connectivity index (χ0n) is 20.6. The number of halogens is 1. The minimum Gasteiger partial charge on any atom is -0.493 e. The van der Waals surface area contributed by atoms with Crippen molar-refractivity contribution in [3.05, 3.63) is 93.6 Å². The topological polar surface area (TPSA) is 72.5 Å². The molecule has 0 aliphatic rings. The van der Waals surface area contributed by atoms with E-state index in [1.54, 1.807) is 43.5 Å². The number of ether oxygens (including phenoxy) is 2. The van der Waals surface area contributed by atoms with Crippen molar-refractivity contribution in [2.24, 2.45) is 5.41 Å². The molecule has 0 spiro atoms. The van der Waals surface area contributed by atoms with Crippen LogP contribution in [0.2, 0.25) is 0 Å². The summed E-state index contributed by atoms with van der Waals surface area (Å²) >= 11 is 0. The van der Waals surface area contributed by atoms with Crippen LogP contribution in [0, 0.1) is 22.6 Å². The minimum atomic E-state index is -0.527. The van der Waals surface area contributed by atoms with Crippen molar-refractivity contribution in [3.63, 3.8) is 0 Å². The smallest absolute Gasteiger partial charge is 0.201 e. The maximum absolute atomic E-state index is 13.9. The van der Waals surface area contributed by atoms with Crippen molar-refractivity contribution in [2.45, 2.75) is 20.8 Å². The Morgan fingerprint density at radius 2 is 1.81 bits per heavy atom. The molecule has 0 aliphatic heterocycles. The Labute approximate surface area is 209 Å². The van der Waals surface area contributed by atoms with E-state index in [2.05, 4.69) is 26.8 Å². The molecule has 4 rings (SSSR count). The van der Waals surface area contributed by atoms with Crippen molar-refractivity contribution in [2.75, 3.05) is 13.7 Å². The molecule has 3 aromatic carbocycles. The van der Waals surface area contributed by atoms with Crippen LogP contribution in [0.1, 0.15) is 37.7 Å². The number of benzene rings is 3. The Hall–Kier alpha value is -4.37. The van der Waals surface area contributed by atoms with E-state index in [-0.39, 0.29) is 27.4 Å². The van der Waals surface area contributed by atoms with Crippen molar-refractivity contribution in [1.82, 2.24) is 0 Å². The lowest BCUT2D eigenvalue weighted by Gasteiger charge is -2.21. The van der Waals surface area contributed by atoms with Crippen LogP contribution in [-0.4, -0.2) is 13.7 Å². The second kappa shape index (κ2) is 10.1. The Kier molecular flexibility index (Phi) is 6.93.